The third kappa shape index (κ3) is 4.29. The number of fused-ring (bicyclic) bond motifs is 1. The number of benzene rings is 2. The fourth-order valence-electron chi connectivity index (χ4n) is 2.95. The van der Waals surface area contributed by atoms with E-state index < -0.39 is 24.4 Å². The van der Waals surface area contributed by atoms with Crippen molar-refractivity contribution in [1.29, 1.82) is 0 Å². The van der Waals surface area contributed by atoms with Gasteiger partial charge in [0.15, 0.2) is 5.76 Å². The number of para-hydroxylation sites is 1. The molecule has 7 nitrogen and oxygen atoms in total. The summed E-state index contributed by atoms with van der Waals surface area (Å²) in [6.07, 6.45) is -0.769. The van der Waals surface area contributed by atoms with Crippen LogP contribution in [-0.2, 0) is 14.3 Å². The molecule has 0 radical (unpaired) electrons. The summed E-state index contributed by atoms with van der Waals surface area (Å²) in [5.74, 6) is -1.08. The molecule has 3 rings (SSSR count). The summed E-state index contributed by atoms with van der Waals surface area (Å²) in [7, 11) is 0. The van der Waals surface area contributed by atoms with E-state index in [0.29, 0.717) is 16.5 Å². The quantitative estimate of drug-likeness (QED) is 0.440. The van der Waals surface area contributed by atoms with E-state index >= 15 is 0 Å². The number of hydrogen-bond acceptors (Lipinski definition) is 6. The van der Waals surface area contributed by atoms with Gasteiger partial charge < -0.3 is 13.9 Å². The van der Waals surface area contributed by atoms with E-state index in [9.17, 15) is 14.4 Å². The minimum atomic E-state index is -0.769. The van der Waals surface area contributed by atoms with Gasteiger partial charge in [-0.1, -0.05) is 42.5 Å². The molecule has 0 aliphatic heterocycles. The minimum Gasteiger partial charge on any atom is -0.465 e. The number of esters is 1. The number of ketones is 1. The van der Waals surface area contributed by atoms with Crippen LogP contribution in [0.3, 0.4) is 0 Å². The molecule has 7 heteroatoms. The fraction of sp³-hybridized carbons (Fsp3) is 0.227. The molecular formula is C22H21NO6. The van der Waals surface area contributed by atoms with Crippen molar-refractivity contribution in [1.82, 2.24) is 0 Å². The molecule has 0 saturated carbocycles. The number of carbonyl (C=O) groups is 3. The van der Waals surface area contributed by atoms with Crippen LogP contribution in [0.4, 0.5) is 10.5 Å². The van der Waals surface area contributed by atoms with Crippen LogP contribution in [-0.4, -0.2) is 37.6 Å². The fourth-order valence-corrected chi connectivity index (χ4v) is 2.95. The smallest absolute Gasteiger partial charge is 0.414 e. The number of nitrogens with zero attached hydrogens (tertiary/aromatic N) is 1. The summed E-state index contributed by atoms with van der Waals surface area (Å²) in [5.41, 5.74) is 0.994. The van der Waals surface area contributed by atoms with Gasteiger partial charge in [0.1, 0.15) is 17.8 Å². The maximum absolute atomic E-state index is 13.1. The zero-order valence-corrected chi connectivity index (χ0v) is 16.2. The SMILES string of the molecule is CCOC(=O)CN(C(=O)OCC)c1c(C(=O)c2ccccc2)oc2ccccc12. The van der Waals surface area contributed by atoms with Crippen molar-refractivity contribution < 1.29 is 28.3 Å². The average molecular weight is 395 g/mol. The first kappa shape index (κ1) is 20.1. The molecule has 0 aliphatic carbocycles. The summed E-state index contributed by atoms with van der Waals surface area (Å²) in [6, 6.07) is 15.5. The molecule has 0 fully saturated rings. The van der Waals surface area contributed by atoms with Gasteiger partial charge in [-0.2, -0.15) is 0 Å². The van der Waals surface area contributed by atoms with Crippen LogP contribution in [0.1, 0.15) is 30.0 Å². The number of rotatable bonds is 7. The number of furan rings is 1. The highest BCUT2D eigenvalue weighted by molar-refractivity contribution is 6.17. The van der Waals surface area contributed by atoms with E-state index in [1.165, 1.54) is 0 Å². The molecule has 29 heavy (non-hydrogen) atoms. The molecule has 150 valence electrons. The van der Waals surface area contributed by atoms with Gasteiger partial charge in [0.05, 0.1) is 13.2 Å². The highest BCUT2D eigenvalue weighted by Crippen LogP contribution is 2.36. The average Bonchev–Trinajstić information content (AvgIpc) is 3.11. The Balaban J connectivity index is 2.16. The Kier molecular flexibility index (Phi) is 6.29. The molecular weight excluding hydrogens is 374 g/mol. The van der Waals surface area contributed by atoms with Crippen LogP contribution in [0.25, 0.3) is 11.0 Å². The van der Waals surface area contributed by atoms with Crippen LogP contribution in [0.15, 0.2) is 59.0 Å². The van der Waals surface area contributed by atoms with Crippen LogP contribution in [0, 0.1) is 0 Å². The molecule has 1 amide bonds. The predicted octanol–water partition coefficient (Wildman–Crippen LogP) is 4.19. The van der Waals surface area contributed by atoms with Crippen LogP contribution in [0.5, 0.6) is 0 Å². The van der Waals surface area contributed by atoms with E-state index in [4.69, 9.17) is 13.9 Å². The van der Waals surface area contributed by atoms with Crippen molar-refractivity contribution in [3.05, 3.63) is 65.9 Å². The van der Waals surface area contributed by atoms with Gasteiger partial charge in [0.25, 0.3) is 0 Å². The third-order valence-electron chi connectivity index (χ3n) is 4.16. The molecule has 0 bridgehead atoms. The minimum absolute atomic E-state index is 0.0465. The number of carbonyl (C=O) groups excluding carboxylic acids is 3. The number of hydrogen-bond donors (Lipinski definition) is 0. The van der Waals surface area contributed by atoms with E-state index in [1.54, 1.807) is 68.4 Å². The third-order valence-corrected chi connectivity index (χ3v) is 4.16. The number of ether oxygens (including phenoxy) is 2. The molecule has 0 N–H and O–H groups in total. The van der Waals surface area contributed by atoms with Gasteiger partial charge in [0, 0.05) is 10.9 Å². The lowest BCUT2D eigenvalue weighted by Crippen LogP contribution is -2.37. The van der Waals surface area contributed by atoms with Crippen molar-refractivity contribution >= 4 is 34.5 Å². The van der Waals surface area contributed by atoms with Gasteiger partial charge in [0.2, 0.25) is 5.78 Å². The molecule has 0 spiro atoms. The second-order valence-electron chi connectivity index (χ2n) is 6.06. The number of anilines is 1. The van der Waals surface area contributed by atoms with Crippen molar-refractivity contribution in [2.75, 3.05) is 24.7 Å². The van der Waals surface area contributed by atoms with Crippen molar-refractivity contribution in [3.63, 3.8) is 0 Å². The van der Waals surface area contributed by atoms with E-state index in [0.717, 1.165) is 4.90 Å². The first-order valence-electron chi connectivity index (χ1n) is 9.28. The highest BCUT2D eigenvalue weighted by Gasteiger charge is 2.31. The Morgan fingerprint density at radius 1 is 0.897 bits per heavy atom. The molecule has 1 aromatic heterocycles. The number of amides is 1. The van der Waals surface area contributed by atoms with Crippen molar-refractivity contribution in [2.45, 2.75) is 13.8 Å². The molecule has 0 atom stereocenters. The Morgan fingerprint density at radius 3 is 2.24 bits per heavy atom. The Bertz CT molecular complexity index is 1020. The zero-order chi connectivity index (χ0) is 20.8. The van der Waals surface area contributed by atoms with Gasteiger partial charge in [-0.3, -0.25) is 14.5 Å². The lowest BCUT2D eigenvalue weighted by atomic mass is 10.1. The van der Waals surface area contributed by atoms with Gasteiger partial charge in [-0.15, -0.1) is 0 Å². The van der Waals surface area contributed by atoms with E-state index in [-0.39, 0.29) is 24.7 Å². The Hall–Kier alpha value is -3.61. The first-order chi connectivity index (χ1) is 14.1. The molecule has 0 saturated heterocycles. The van der Waals surface area contributed by atoms with Gasteiger partial charge in [-0.05, 0) is 26.0 Å². The highest BCUT2D eigenvalue weighted by atomic mass is 16.6. The first-order valence-corrected chi connectivity index (χ1v) is 9.28. The second kappa shape index (κ2) is 9.05. The van der Waals surface area contributed by atoms with Gasteiger partial charge >= 0.3 is 12.1 Å². The summed E-state index contributed by atoms with van der Waals surface area (Å²) < 4.78 is 15.9. The monoisotopic (exact) mass is 395 g/mol. The van der Waals surface area contributed by atoms with E-state index in [2.05, 4.69) is 0 Å². The second-order valence-corrected chi connectivity index (χ2v) is 6.06. The molecule has 0 aliphatic rings. The summed E-state index contributed by atoms with van der Waals surface area (Å²) >= 11 is 0. The van der Waals surface area contributed by atoms with Crippen LogP contribution in [0.2, 0.25) is 0 Å². The van der Waals surface area contributed by atoms with Crippen molar-refractivity contribution in [2.24, 2.45) is 0 Å². The van der Waals surface area contributed by atoms with Crippen molar-refractivity contribution in [3.8, 4) is 0 Å². The van der Waals surface area contributed by atoms with Crippen LogP contribution >= 0.6 is 0 Å². The predicted molar refractivity (Wildman–Crippen MR) is 107 cm³/mol. The maximum atomic E-state index is 13.1. The summed E-state index contributed by atoms with van der Waals surface area (Å²) in [6.45, 7) is 3.19. The molecule has 2 aromatic carbocycles. The Morgan fingerprint density at radius 2 is 1.55 bits per heavy atom. The standard InChI is InChI=1S/C22H21NO6/c1-3-27-18(24)14-23(22(26)28-4-2)19-16-12-8-9-13-17(16)29-21(19)20(25)15-10-6-5-7-11-15/h5-13H,3-4,14H2,1-2H3. The van der Waals surface area contributed by atoms with Gasteiger partial charge in [-0.25, -0.2) is 4.79 Å². The molecule has 3 aromatic rings. The zero-order valence-electron chi connectivity index (χ0n) is 16.2. The summed E-state index contributed by atoms with van der Waals surface area (Å²) in [5, 5.41) is 0.518. The van der Waals surface area contributed by atoms with E-state index in [1.807, 2.05) is 0 Å². The largest absolute Gasteiger partial charge is 0.465 e. The molecule has 1 heterocycles. The lowest BCUT2D eigenvalue weighted by Gasteiger charge is -2.21. The summed E-state index contributed by atoms with van der Waals surface area (Å²) in [4.78, 5) is 39.1. The lowest BCUT2D eigenvalue weighted by molar-refractivity contribution is -0.141. The topological polar surface area (TPSA) is 86.0 Å². The Labute approximate surface area is 167 Å². The normalized spacial score (nSPS) is 10.6. The molecule has 0 unspecified atom stereocenters. The maximum Gasteiger partial charge on any atom is 0.414 e. The van der Waals surface area contributed by atoms with Crippen LogP contribution < -0.4 is 4.90 Å².